The number of rotatable bonds is 4. The van der Waals surface area contributed by atoms with Crippen molar-refractivity contribution in [3.8, 4) is 17.5 Å². The number of nitriles is 1. The molecule has 0 saturated carbocycles. The SMILES string of the molecule is N#Cc1ccc(-c2ccccn2)nc1SCc1ccccc1C(F)(F)F. The second-order valence-corrected chi connectivity index (χ2v) is 6.28. The fourth-order valence-electron chi connectivity index (χ4n) is 2.36. The lowest BCUT2D eigenvalue weighted by molar-refractivity contribution is -0.138. The number of aromatic nitrogens is 2. The summed E-state index contributed by atoms with van der Waals surface area (Å²) in [6.45, 7) is 0. The van der Waals surface area contributed by atoms with Gasteiger partial charge in [-0.25, -0.2) is 4.98 Å². The summed E-state index contributed by atoms with van der Waals surface area (Å²) in [5.74, 6) is 0.0586. The standard InChI is InChI=1S/C19H12F3N3S/c20-19(21,22)15-6-2-1-5-14(15)12-26-18-13(11-23)8-9-17(25-18)16-7-3-4-10-24-16/h1-10H,12H2. The Labute approximate surface area is 152 Å². The van der Waals surface area contributed by atoms with E-state index in [9.17, 15) is 18.4 Å². The lowest BCUT2D eigenvalue weighted by atomic mass is 10.1. The highest BCUT2D eigenvalue weighted by Gasteiger charge is 2.32. The number of nitrogens with zero attached hydrogens (tertiary/aromatic N) is 3. The average Bonchev–Trinajstić information content (AvgIpc) is 2.66. The van der Waals surface area contributed by atoms with Gasteiger partial charge in [-0.2, -0.15) is 18.4 Å². The van der Waals surface area contributed by atoms with Crippen molar-refractivity contribution in [2.24, 2.45) is 0 Å². The molecule has 0 aliphatic rings. The van der Waals surface area contributed by atoms with Crippen LogP contribution in [0.5, 0.6) is 0 Å². The number of hydrogen-bond acceptors (Lipinski definition) is 4. The molecule has 0 amide bonds. The van der Waals surface area contributed by atoms with Gasteiger partial charge in [0.2, 0.25) is 0 Å². The van der Waals surface area contributed by atoms with E-state index in [-0.39, 0.29) is 11.3 Å². The first kappa shape index (κ1) is 18.0. The summed E-state index contributed by atoms with van der Waals surface area (Å²) < 4.78 is 39.4. The van der Waals surface area contributed by atoms with E-state index < -0.39 is 11.7 Å². The minimum Gasteiger partial charge on any atom is -0.255 e. The minimum atomic E-state index is -4.42. The third kappa shape index (κ3) is 4.03. The molecule has 0 aliphatic carbocycles. The van der Waals surface area contributed by atoms with E-state index in [2.05, 4.69) is 9.97 Å². The Morgan fingerprint density at radius 1 is 0.962 bits per heavy atom. The molecule has 26 heavy (non-hydrogen) atoms. The number of hydrogen-bond donors (Lipinski definition) is 0. The van der Waals surface area contributed by atoms with E-state index >= 15 is 0 Å². The van der Waals surface area contributed by atoms with Gasteiger partial charge < -0.3 is 0 Å². The van der Waals surface area contributed by atoms with E-state index in [1.807, 2.05) is 12.1 Å². The summed E-state index contributed by atoms with van der Waals surface area (Å²) in [5.41, 5.74) is 0.996. The van der Waals surface area contributed by atoms with Crippen LogP contribution in [0.2, 0.25) is 0 Å². The molecular formula is C19H12F3N3S. The van der Waals surface area contributed by atoms with Gasteiger partial charge in [-0.05, 0) is 35.9 Å². The van der Waals surface area contributed by atoms with Crippen LogP contribution < -0.4 is 0 Å². The predicted octanol–water partition coefficient (Wildman–Crippen LogP) is 5.33. The van der Waals surface area contributed by atoms with Crippen LogP contribution in [0.25, 0.3) is 11.4 Å². The van der Waals surface area contributed by atoms with Crippen LogP contribution in [0.3, 0.4) is 0 Å². The Kier molecular flexibility index (Phi) is 5.24. The van der Waals surface area contributed by atoms with Crippen molar-refractivity contribution in [1.29, 1.82) is 5.26 Å². The van der Waals surface area contributed by atoms with Gasteiger partial charge in [-0.15, -0.1) is 11.8 Å². The highest BCUT2D eigenvalue weighted by molar-refractivity contribution is 7.98. The van der Waals surface area contributed by atoms with Crippen molar-refractivity contribution < 1.29 is 13.2 Å². The van der Waals surface area contributed by atoms with E-state index in [4.69, 9.17) is 0 Å². The molecule has 130 valence electrons. The fourth-order valence-corrected chi connectivity index (χ4v) is 3.34. The molecule has 0 saturated heterocycles. The molecule has 7 heteroatoms. The van der Waals surface area contributed by atoms with Crippen LogP contribution in [0.1, 0.15) is 16.7 Å². The maximum atomic E-state index is 13.1. The molecule has 0 spiro atoms. The Morgan fingerprint density at radius 2 is 1.73 bits per heavy atom. The summed E-state index contributed by atoms with van der Waals surface area (Å²) in [6, 6.07) is 16.1. The second-order valence-electron chi connectivity index (χ2n) is 5.32. The zero-order valence-corrected chi connectivity index (χ0v) is 14.2. The monoisotopic (exact) mass is 371 g/mol. The zero-order valence-electron chi connectivity index (χ0n) is 13.4. The molecule has 3 nitrogen and oxygen atoms in total. The second kappa shape index (κ2) is 7.58. The molecule has 0 bridgehead atoms. The number of thioether (sulfide) groups is 1. The summed E-state index contributed by atoms with van der Waals surface area (Å²) >= 11 is 1.10. The fraction of sp³-hybridized carbons (Fsp3) is 0.105. The van der Waals surface area contributed by atoms with E-state index in [0.29, 0.717) is 22.0 Å². The van der Waals surface area contributed by atoms with Crippen LogP contribution in [0.4, 0.5) is 13.2 Å². The molecule has 3 rings (SSSR count). The van der Waals surface area contributed by atoms with E-state index in [1.165, 1.54) is 12.1 Å². The normalized spacial score (nSPS) is 11.2. The summed E-state index contributed by atoms with van der Waals surface area (Å²) in [5, 5.41) is 9.64. The predicted molar refractivity (Wildman–Crippen MR) is 93.2 cm³/mol. The molecule has 0 atom stereocenters. The van der Waals surface area contributed by atoms with Crippen LogP contribution >= 0.6 is 11.8 Å². The molecule has 2 heterocycles. The molecule has 0 N–H and O–H groups in total. The largest absolute Gasteiger partial charge is 0.416 e. The van der Waals surface area contributed by atoms with E-state index in [1.54, 1.807) is 36.5 Å². The summed E-state index contributed by atoms with van der Waals surface area (Å²) in [7, 11) is 0. The molecule has 0 unspecified atom stereocenters. The average molecular weight is 371 g/mol. The first-order valence-electron chi connectivity index (χ1n) is 7.59. The maximum absolute atomic E-state index is 13.1. The molecule has 3 aromatic rings. The summed E-state index contributed by atoms with van der Waals surface area (Å²) in [6.07, 6.45) is -2.79. The van der Waals surface area contributed by atoms with Crippen molar-refractivity contribution in [2.75, 3.05) is 0 Å². The number of benzene rings is 1. The number of pyridine rings is 2. The maximum Gasteiger partial charge on any atom is 0.416 e. The van der Waals surface area contributed by atoms with Gasteiger partial charge in [0.05, 0.1) is 22.5 Å². The third-order valence-electron chi connectivity index (χ3n) is 3.60. The van der Waals surface area contributed by atoms with Gasteiger partial charge >= 0.3 is 6.18 Å². The topological polar surface area (TPSA) is 49.6 Å². The van der Waals surface area contributed by atoms with Gasteiger partial charge in [-0.3, -0.25) is 4.98 Å². The highest BCUT2D eigenvalue weighted by Crippen LogP contribution is 2.35. The van der Waals surface area contributed by atoms with Crippen LogP contribution in [0.15, 0.2) is 65.8 Å². The molecule has 0 radical (unpaired) electrons. The smallest absolute Gasteiger partial charge is 0.255 e. The van der Waals surface area contributed by atoms with Crippen molar-refractivity contribution in [1.82, 2.24) is 9.97 Å². The van der Waals surface area contributed by atoms with Gasteiger partial charge in [-0.1, -0.05) is 24.3 Å². The molecule has 0 fully saturated rings. The zero-order chi connectivity index (χ0) is 18.6. The molecule has 1 aromatic carbocycles. The third-order valence-corrected chi connectivity index (χ3v) is 4.64. The Hall–Kier alpha value is -2.85. The van der Waals surface area contributed by atoms with Crippen LogP contribution in [0, 0.1) is 11.3 Å². The van der Waals surface area contributed by atoms with Crippen molar-refractivity contribution in [3.05, 3.63) is 77.5 Å². The number of alkyl halides is 3. The minimum absolute atomic E-state index is 0.0586. The highest BCUT2D eigenvalue weighted by atomic mass is 32.2. The van der Waals surface area contributed by atoms with Gasteiger partial charge in [0, 0.05) is 11.9 Å². The first-order valence-corrected chi connectivity index (χ1v) is 8.58. The Morgan fingerprint density at radius 3 is 2.42 bits per heavy atom. The van der Waals surface area contributed by atoms with Gasteiger partial charge in [0.15, 0.2) is 0 Å². The quantitative estimate of drug-likeness (QED) is 0.582. The lowest BCUT2D eigenvalue weighted by Gasteiger charge is -2.12. The summed E-state index contributed by atoms with van der Waals surface area (Å²) in [4.78, 5) is 8.62. The number of halogens is 3. The molecule has 2 aromatic heterocycles. The van der Waals surface area contributed by atoms with Gasteiger partial charge in [0.1, 0.15) is 11.1 Å². The molecule has 0 aliphatic heterocycles. The lowest BCUT2D eigenvalue weighted by Crippen LogP contribution is -2.08. The molecular weight excluding hydrogens is 359 g/mol. The Bertz CT molecular complexity index is 950. The van der Waals surface area contributed by atoms with E-state index in [0.717, 1.165) is 17.8 Å². The van der Waals surface area contributed by atoms with Crippen molar-refractivity contribution >= 4 is 11.8 Å². The van der Waals surface area contributed by atoms with Crippen LogP contribution in [-0.4, -0.2) is 9.97 Å². The first-order chi connectivity index (χ1) is 12.5. The Balaban J connectivity index is 1.90. The van der Waals surface area contributed by atoms with Crippen LogP contribution in [-0.2, 0) is 11.9 Å². The van der Waals surface area contributed by atoms with Gasteiger partial charge in [0.25, 0.3) is 0 Å². The van der Waals surface area contributed by atoms with Crippen molar-refractivity contribution in [2.45, 2.75) is 17.0 Å². The van der Waals surface area contributed by atoms with Crippen molar-refractivity contribution in [3.63, 3.8) is 0 Å².